The summed E-state index contributed by atoms with van der Waals surface area (Å²) < 4.78 is 39.6. The fourth-order valence-electron chi connectivity index (χ4n) is 4.51. The molecule has 0 radical (unpaired) electrons. The van der Waals surface area contributed by atoms with E-state index in [1.165, 1.54) is 10.4 Å². The first-order valence-electron chi connectivity index (χ1n) is 12.4. The highest BCUT2D eigenvalue weighted by molar-refractivity contribution is 7.89. The molecule has 198 valence electrons. The second kappa shape index (κ2) is 11.2. The van der Waals surface area contributed by atoms with Crippen molar-refractivity contribution in [2.75, 3.05) is 26.3 Å². The van der Waals surface area contributed by atoms with Gasteiger partial charge in [-0.05, 0) is 48.4 Å². The Morgan fingerprint density at radius 3 is 2.74 bits per heavy atom. The maximum absolute atomic E-state index is 13.4. The van der Waals surface area contributed by atoms with Crippen LogP contribution in [0.1, 0.15) is 16.8 Å². The van der Waals surface area contributed by atoms with Crippen LogP contribution in [0.15, 0.2) is 71.8 Å². The molecule has 3 aromatic rings. The number of rotatable bonds is 7. The average Bonchev–Trinajstić information content (AvgIpc) is 3.36. The number of hydrogen-bond acceptors (Lipinski definition) is 6. The number of nitrogens with zero attached hydrogens (tertiary/aromatic N) is 2. The standard InChI is InChI=1S/C28H28ClN3O5S/c1-19-6-7-20(17-30-19)18-31-27(33)9-8-23-15-22-14-21(16-25(29)28(22)37-23)24-4-2-3-5-26(24)38(34,35)32-10-12-36-13-11-32/h2-9,14,16-17,23H,10-13,15,18H2,1H3,(H,31,33)/b9-8+. The van der Waals surface area contributed by atoms with Gasteiger partial charge in [0.2, 0.25) is 15.9 Å². The maximum atomic E-state index is 13.4. The number of sulfonamides is 1. The number of nitrogens with one attached hydrogen (secondary N) is 1. The Balaban J connectivity index is 1.31. The molecular weight excluding hydrogens is 526 g/mol. The van der Waals surface area contributed by atoms with Gasteiger partial charge in [-0.3, -0.25) is 9.78 Å². The van der Waals surface area contributed by atoms with Crippen molar-refractivity contribution in [3.05, 3.63) is 88.7 Å². The van der Waals surface area contributed by atoms with E-state index in [-0.39, 0.29) is 16.9 Å². The number of pyridine rings is 1. The molecule has 0 aliphatic carbocycles. The van der Waals surface area contributed by atoms with E-state index < -0.39 is 10.0 Å². The summed E-state index contributed by atoms with van der Waals surface area (Å²) in [5.41, 5.74) is 3.96. The van der Waals surface area contributed by atoms with E-state index >= 15 is 0 Å². The van der Waals surface area contributed by atoms with Gasteiger partial charge in [0.15, 0.2) is 0 Å². The number of hydrogen-bond donors (Lipinski definition) is 1. The van der Waals surface area contributed by atoms with Crippen LogP contribution in [0.3, 0.4) is 0 Å². The summed E-state index contributed by atoms with van der Waals surface area (Å²) in [6.45, 7) is 3.67. The first-order valence-corrected chi connectivity index (χ1v) is 14.2. The predicted octanol–water partition coefficient (Wildman–Crippen LogP) is 3.91. The van der Waals surface area contributed by atoms with Crippen molar-refractivity contribution >= 4 is 27.5 Å². The fourth-order valence-corrected chi connectivity index (χ4v) is 6.41. The molecule has 1 unspecified atom stereocenters. The smallest absolute Gasteiger partial charge is 0.244 e. The number of aromatic nitrogens is 1. The molecule has 5 rings (SSSR count). The first-order chi connectivity index (χ1) is 18.3. The number of benzene rings is 2. The van der Waals surface area contributed by atoms with Crippen LogP contribution in [0.2, 0.25) is 5.02 Å². The minimum Gasteiger partial charge on any atom is -0.484 e. The van der Waals surface area contributed by atoms with Crippen molar-refractivity contribution in [3.63, 3.8) is 0 Å². The zero-order chi connectivity index (χ0) is 26.7. The van der Waals surface area contributed by atoms with E-state index in [1.54, 1.807) is 36.5 Å². The molecule has 1 amide bonds. The molecule has 10 heteroatoms. The molecule has 1 fully saturated rings. The van der Waals surface area contributed by atoms with Gasteiger partial charge < -0.3 is 14.8 Å². The summed E-state index contributed by atoms with van der Waals surface area (Å²) in [5.74, 6) is 0.309. The number of carbonyl (C=O) groups excluding carboxylic acids is 1. The summed E-state index contributed by atoms with van der Waals surface area (Å²) in [6, 6.07) is 14.4. The molecule has 38 heavy (non-hydrogen) atoms. The number of amides is 1. The van der Waals surface area contributed by atoms with Crippen LogP contribution in [0.5, 0.6) is 5.75 Å². The van der Waals surface area contributed by atoms with Crippen LogP contribution < -0.4 is 10.1 Å². The van der Waals surface area contributed by atoms with Crippen LogP contribution in [0.4, 0.5) is 0 Å². The molecule has 1 saturated heterocycles. The lowest BCUT2D eigenvalue weighted by atomic mass is 10.0. The molecule has 0 bridgehead atoms. The lowest BCUT2D eigenvalue weighted by molar-refractivity contribution is -0.116. The van der Waals surface area contributed by atoms with Crippen LogP contribution in [0, 0.1) is 6.92 Å². The fraction of sp³-hybridized carbons (Fsp3) is 0.286. The molecular formula is C28H28ClN3O5S. The van der Waals surface area contributed by atoms with Crippen molar-refractivity contribution in [2.24, 2.45) is 0 Å². The van der Waals surface area contributed by atoms with E-state index in [9.17, 15) is 13.2 Å². The largest absolute Gasteiger partial charge is 0.484 e. The summed E-state index contributed by atoms with van der Waals surface area (Å²) in [6.07, 6.45) is 5.04. The number of ether oxygens (including phenoxy) is 2. The van der Waals surface area contributed by atoms with E-state index in [1.807, 2.05) is 31.2 Å². The van der Waals surface area contributed by atoms with E-state index in [2.05, 4.69) is 10.3 Å². The normalized spacial score (nSPS) is 17.8. The van der Waals surface area contributed by atoms with Gasteiger partial charge in [-0.2, -0.15) is 4.31 Å². The van der Waals surface area contributed by atoms with E-state index in [0.717, 1.165) is 16.8 Å². The monoisotopic (exact) mass is 553 g/mol. The zero-order valence-electron chi connectivity index (χ0n) is 20.9. The summed E-state index contributed by atoms with van der Waals surface area (Å²) in [5, 5.41) is 3.23. The molecule has 2 aliphatic heterocycles. The molecule has 2 aliphatic rings. The highest BCUT2D eigenvalue weighted by Gasteiger charge is 2.30. The Morgan fingerprint density at radius 1 is 1.18 bits per heavy atom. The molecule has 2 aromatic carbocycles. The summed E-state index contributed by atoms with van der Waals surface area (Å²) in [7, 11) is -3.71. The molecule has 3 heterocycles. The lowest BCUT2D eigenvalue weighted by Gasteiger charge is -2.27. The molecule has 0 saturated carbocycles. The Labute approximate surface area is 227 Å². The van der Waals surface area contributed by atoms with Crippen molar-refractivity contribution < 1.29 is 22.7 Å². The maximum Gasteiger partial charge on any atom is 0.244 e. The van der Waals surface area contributed by atoms with Crippen LogP contribution in [0.25, 0.3) is 11.1 Å². The van der Waals surface area contributed by atoms with Gasteiger partial charge >= 0.3 is 0 Å². The molecule has 0 spiro atoms. The lowest BCUT2D eigenvalue weighted by Crippen LogP contribution is -2.40. The number of fused-ring (bicyclic) bond motifs is 1. The third-order valence-corrected chi connectivity index (χ3v) is 8.74. The first kappa shape index (κ1) is 26.4. The molecule has 8 nitrogen and oxygen atoms in total. The number of carbonyl (C=O) groups is 1. The average molecular weight is 554 g/mol. The highest BCUT2D eigenvalue weighted by Crippen LogP contribution is 2.41. The van der Waals surface area contributed by atoms with Gasteiger partial charge in [-0.15, -0.1) is 0 Å². The molecule has 1 atom stereocenters. The Morgan fingerprint density at radius 2 is 1.97 bits per heavy atom. The van der Waals surface area contributed by atoms with Gasteiger partial charge in [-0.1, -0.05) is 35.9 Å². The zero-order valence-corrected chi connectivity index (χ0v) is 22.5. The third kappa shape index (κ3) is 5.76. The van der Waals surface area contributed by atoms with Gasteiger partial charge in [-0.25, -0.2) is 8.42 Å². The topological polar surface area (TPSA) is 97.8 Å². The Kier molecular flexibility index (Phi) is 7.80. The second-order valence-corrected chi connectivity index (χ2v) is 11.5. The van der Waals surface area contributed by atoms with Crippen molar-refractivity contribution in [3.8, 4) is 16.9 Å². The van der Waals surface area contributed by atoms with Crippen molar-refractivity contribution in [1.29, 1.82) is 0 Å². The molecule has 1 N–H and O–H groups in total. The van der Waals surface area contributed by atoms with Crippen LogP contribution in [-0.4, -0.2) is 56.0 Å². The third-order valence-electron chi connectivity index (χ3n) is 6.50. The van der Waals surface area contributed by atoms with Crippen molar-refractivity contribution in [1.82, 2.24) is 14.6 Å². The quantitative estimate of drug-likeness (QED) is 0.446. The Bertz CT molecular complexity index is 1470. The minimum atomic E-state index is -3.71. The van der Waals surface area contributed by atoms with Crippen LogP contribution in [-0.2, 0) is 32.5 Å². The summed E-state index contributed by atoms with van der Waals surface area (Å²) >= 11 is 6.59. The number of aryl methyl sites for hydroxylation is 1. The number of morpholine rings is 1. The van der Waals surface area contributed by atoms with Gasteiger partial charge in [0.05, 0.1) is 23.1 Å². The van der Waals surface area contributed by atoms with Gasteiger partial charge in [0.25, 0.3) is 0 Å². The number of halogens is 1. The summed E-state index contributed by atoms with van der Waals surface area (Å²) in [4.78, 5) is 16.8. The Hall–Kier alpha value is -3.24. The van der Waals surface area contributed by atoms with Crippen LogP contribution >= 0.6 is 11.6 Å². The van der Waals surface area contributed by atoms with Gasteiger partial charge in [0.1, 0.15) is 11.9 Å². The minimum absolute atomic E-state index is 0.230. The van der Waals surface area contributed by atoms with E-state index in [4.69, 9.17) is 21.1 Å². The van der Waals surface area contributed by atoms with Crippen molar-refractivity contribution in [2.45, 2.75) is 30.9 Å². The van der Waals surface area contributed by atoms with E-state index in [0.29, 0.717) is 61.2 Å². The second-order valence-electron chi connectivity index (χ2n) is 9.20. The van der Waals surface area contributed by atoms with Gasteiger partial charge in [0, 0.05) is 55.1 Å². The predicted molar refractivity (Wildman–Crippen MR) is 145 cm³/mol. The molecule has 1 aromatic heterocycles. The highest BCUT2D eigenvalue weighted by atomic mass is 35.5. The SMILES string of the molecule is Cc1ccc(CNC(=O)/C=C/C2Cc3cc(-c4ccccc4S(=O)(=O)N4CCOCC4)cc(Cl)c3O2)cn1.